The smallest absolute Gasteiger partial charge is 0.458 e. The van der Waals surface area contributed by atoms with E-state index in [9.17, 15) is 9.59 Å². The van der Waals surface area contributed by atoms with E-state index in [4.69, 9.17) is 18.9 Å². The van der Waals surface area contributed by atoms with Gasteiger partial charge in [-0.2, -0.15) is 0 Å². The molecule has 26 heavy (non-hydrogen) atoms. The van der Waals surface area contributed by atoms with Crippen molar-refractivity contribution in [2.24, 2.45) is 35.5 Å². The Labute approximate surface area is 153 Å². The van der Waals surface area contributed by atoms with Crippen LogP contribution in [0.2, 0.25) is 0 Å². The van der Waals surface area contributed by atoms with Crippen LogP contribution in [0.1, 0.15) is 39.0 Å². The van der Waals surface area contributed by atoms with Crippen molar-refractivity contribution in [1.29, 1.82) is 0 Å². The van der Waals surface area contributed by atoms with Crippen LogP contribution in [-0.4, -0.2) is 37.2 Å². The number of hydrogen-bond donors (Lipinski definition) is 0. The summed E-state index contributed by atoms with van der Waals surface area (Å²) in [7, 11) is 0. The van der Waals surface area contributed by atoms with E-state index < -0.39 is 18.5 Å². The standard InChI is InChI=1S/C20H26O6/c1-10(21)24-18-13-9-14(17-12-6-5-11(8-12)16(13)17)19(18)26-20(22)25-15-4-2-3-7-23-15/h5-6,11-19H,2-4,7-9H2,1H3. The van der Waals surface area contributed by atoms with Crippen LogP contribution in [0.15, 0.2) is 12.2 Å². The number of rotatable bonds is 3. The Balaban J connectivity index is 1.31. The summed E-state index contributed by atoms with van der Waals surface area (Å²) in [6.45, 7) is 2.04. The minimum absolute atomic E-state index is 0.258. The molecule has 1 saturated heterocycles. The number of esters is 1. The number of allylic oxidation sites excluding steroid dienone is 2. The van der Waals surface area contributed by atoms with Crippen molar-refractivity contribution in [1.82, 2.24) is 0 Å². The van der Waals surface area contributed by atoms with Gasteiger partial charge in [-0.15, -0.1) is 0 Å². The van der Waals surface area contributed by atoms with Crippen molar-refractivity contribution in [2.45, 2.75) is 57.5 Å². The fraction of sp³-hybridized carbons (Fsp3) is 0.800. The first-order valence-corrected chi connectivity index (χ1v) is 9.96. The third-order valence-corrected chi connectivity index (χ3v) is 7.18. The third kappa shape index (κ3) is 2.56. The summed E-state index contributed by atoms with van der Waals surface area (Å²) in [4.78, 5) is 24.0. The average molecular weight is 362 g/mol. The quantitative estimate of drug-likeness (QED) is 0.437. The highest BCUT2D eigenvalue weighted by Gasteiger charge is 2.67. The summed E-state index contributed by atoms with van der Waals surface area (Å²) in [5.74, 6) is 2.54. The van der Waals surface area contributed by atoms with Crippen molar-refractivity contribution in [2.75, 3.05) is 6.61 Å². The summed E-state index contributed by atoms with van der Waals surface area (Å²) in [5.41, 5.74) is 0. The number of ether oxygens (including phenoxy) is 4. The first-order chi connectivity index (χ1) is 12.6. The molecule has 0 aromatic carbocycles. The zero-order valence-electron chi connectivity index (χ0n) is 15.0. The molecule has 5 aliphatic rings. The first kappa shape index (κ1) is 16.6. The van der Waals surface area contributed by atoms with Gasteiger partial charge in [-0.3, -0.25) is 4.79 Å². The number of fused-ring (bicyclic) bond motifs is 9. The third-order valence-electron chi connectivity index (χ3n) is 7.18. The van der Waals surface area contributed by atoms with Crippen LogP contribution in [0.3, 0.4) is 0 Å². The fourth-order valence-electron chi connectivity index (χ4n) is 6.48. The van der Waals surface area contributed by atoms with Crippen LogP contribution in [0.4, 0.5) is 4.79 Å². The van der Waals surface area contributed by atoms with Crippen molar-refractivity contribution in [3.05, 3.63) is 12.2 Å². The van der Waals surface area contributed by atoms with E-state index in [1.807, 2.05) is 0 Å². The molecule has 0 spiro atoms. The van der Waals surface area contributed by atoms with Crippen molar-refractivity contribution >= 4 is 12.1 Å². The van der Waals surface area contributed by atoms with Gasteiger partial charge >= 0.3 is 12.1 Å². The predicted octanol–water partition coefficient (Wildman–Crippen LogP) is 3.05. The Hall–Kier alpha value is -1.56. The summed E-state index contributed by atoms with van der Waals surface area (Å²) in [6, 6.07) is 0. The minimum atomic E-state index is -0.693. The molecular weight excluding hydrogens is 336 g/mol. The number of hydrogen-bond acceptors (Lipinski definition) is 6. The Morgan fingerprint density at radius 2 is 1.62 bits per heavy atom. The molecule has 0 N–H and O–H groups in total. The lowest BCUT2D eigenvalue weighted by Gasteiger charge is -2.40. The molecule has 4 bridgehead atoms. The van der Waals surface area contributed by atoms with Crippen molar-refractivity contribution in [3.8, 4) is 0 Å². The molecule has 0 amide bonds. The second kappa shape index (κ2) is 6.25. The molecule has 1 heterocycles. The lowest BCUT2D eigenvalue weighted by Crippen LogP contribution is -2.47. The SMILES string of the molecule is CC(=O)OC1C2CC(C1OC(=O)OC1CCCCO1)C1C3C=CC(C3)C21. The zero-order valence-corrected chi connectivity index (χ0v) is 15.0. The second-order valence-electron chi connectivity index (χ2n) is 8.49. The highest BCUT2D eigenvalue weighted by molar-refractivity contribution is 5.66. The summed E-state index contributed by atoms with van der Waals surface area (Å²) in [6.07, 6.45) is 7.58. The molecule has 5 rings (SSSR count). The molecule has 6 nitrogen and oxygen atoms in total. The second-order valence-corrected chi connectivity index (χ2v) is 8.49. The van der Waals surface area contributed by atoms with E-state index >= 15 is 0 Å². The van der Waals surface area contributed by atoms with Crippen LogP contribution >= 0.6 is 0 Å². The van der Waals surface area contributed by atoms with Gasteiger partial charge in [-0.25, -0.2) is 4.79 Å². The highest BCUT2D eigenvalue weighted by atomic mass is 16.8. The normalized spacial score (nSPS) is 47.7. The minimum Gasteiger partial charge on any atom is -0.458 e. The van der Waals surface area contributed by atoms with Crippen LogP contribution in [-0.2, 0) is 23.7 Å². The molecule has 4 aliphatic carbocycles. The van der Waals surface area contributed by atoms with Gasteiger partial charge in [0, 0.05) is 25.2 Å². The van der Waals surface area contributed by atoms with E-state index in [1.165, 1.54) is 13.3 Å². The van der Waals surface area contributed by atoms with Crippen molar-refractivity contribution in [3.63, 3.8) is 0 Å². The van der Waals surface area contributed by atoms with Crippen LogP contribution in [0.5, 0.6) is 0 Å². The highest BCUT2D eigenvalue weighted by Crippen LogP contribution is 2.66. The van der Waals surface area contributed by atoms with Gasteiger partial charge in [-0.1, -0.05) is 12.2 Å². The topological polar surface area (TPSA) is 71.1 Å². The Kier molecular flexibility index (Phi) is 3.99. The van der Waals surface area contributed by atoms with Crippen LogP contribution < -0.4 is 0 Å². The maximum atomic E-state index is 12.3. The molecule has 9 unspecified atom stereocenters. The lowest BCUT2D eigenvalue weighted by molar-refractivity contribution is -0.173. The van der Waals surface area contributed by atoms with Gasteiger partial charge < -0.3 is 18.9 Å². The fourth-order valence-corrected chi connectivity index (χ4v) is 6.48. The summed E-state index contributed by atoms with van der Waals surface area (Å²) < 4.78 is 22.2. The Bertz CT molecular complexity index is 624. The average Bonchev–Trinajstić information content (AvgIpc) is 3.35. The van der Waals surface area contributed by atoms with Gasteiger partial charge in [0.05, 0.1) is 6.61 Å². The molecule has 0 radical (unpaired) electrons. The van der Waals surface area contributed by atoms with Gasteiger partial charge in [0.15, 0.2) is 0 Å². The van der Waals surface area contributed by atoms with Gasteiger partial charge in [0.2, 0.25) is 6.29 Å². The van der Waals surface area contributed by atoms with E-state index in [0.717, 1.165) is 19.3 Å². The molecule has 3 saturated carbocycles. The lowest BCUT2D eigenvalue weighted by atomic mass is 9.71. The summed E-state index contributed by atoms with van der Waals surface area (Å²) in [5, 5.41) is 0. The maximum absolute atomic E-state index is 12.3. The maximum Gasteiger partial charge on any atom is 0.511 e. The summed E-state index contributed by atoms with van der Waals surface area (Å²) >= 11 is 0. The van der Waals surface area contributed by atoms with E-state index in [-0.39, 0.29) is 23.9 Å². The number of carbonyl (C=O) groups is 2. The largest absolute Gasteiger partial charge is 0.511 e. The van der Waals surface area contributed by atoms with E-state index in [1.54, 1.807) is 0 Å². The zero-order chi connectivity index (χ0) is 17.8. The van der Waals surface area contributed by atoms with Gasteiger partial charge in [-0.05, 0) is 49.4 Å². The molecule has 6 heteroatoms. The monoisotopic (exact) mass is 362 g/mol. The van der Waals surface area contributed by atoms with Crippen molar-refractivity contribution < 1.29 is 28.5 Å². The first-order valence-electron chi connectivity index (χ1n) is 9.96. The van der Waals surface area contributed by atoms with Gasteiger partial charge in [0.1, 0.15) is 12.2 Å². The molecule has 0 aromatic rings. The predicted molar refractivity (Wildman–Crippen MR) is 89.8 cm³/mol. The molecule has 1 aliphatic heterocycles. The van der Waals surface area contributed by atoms with E-state index in [0.29, 0.717) is 36.7 Å². The Morgan fingerprint density at radius 1 is 0.923 bits per heavy atom. The van der Waals surface area contributed by atoms with Gasteiger partial charge in [0.25, 0.3) is 0 Å². The van der Waals surface area contributed by atoms with Crippen LogP contribution in [0, 0.1) is 35.5 Å². The molecule has 142 valence electrons. The number of carbonyl (C=O) groups excluding carboxylic acids is 2. The molecular formula is C20H26O6. The molecule has 9 atom stereocenters. The molecule has 0 aromatic heterocycles. The molecule has 4 fully saturated rings. The van der Waals surface area contributed by atoms with Crippen LogP contribution in [0.25, 0.3) is 0 Å². The Morgan fingerprint density at radius 3 is 2.23 bits per heavy atom. The van der Waals surface area contributed by atoms with E-state index in [2.05, 4.69) is 12.2 Å².